The average molecular weight is 563 g/mol. The number of furan rings is 1. The summed E-state index contributed by atoms with van der Waals surface area (Å²) in [5.41, 5.74) is 9.20. The molecule has 0 N–H and O–H groups in total. The second-order valence-corrected chi connectivity index (χ2v) is 11.2. The zero-order valence-corrected chi connectivity index (χ0v) is 23.4. The number of hydrogen-bond donors (Lipinski definition) is 0. The number of hydrogen-bond acceptors (Lipinski definition) is 5. The van der Waals surface area contributed by atoms with Gasteiger partial charge in [0.15, 0.2) is 5.58 Å². The van der Waals surface area contributed by atoms with Crippen LogP contribution in [0.3, 0.4) is 0 Å². The predicted molar refractivity (Wildman–Crippen MR) is 179 cm³/mol. The van der Waals surface area contributed by atoms with Crippen LogP contribution in [0, 0.1) is 0 Å². The highest BCUT2D eigenvalue weighted by atomic mass is 16.3. The van der Waals surface area contributed by atoms with Crippen LogP contribution in [-0.4, -0.2) is 15.0 Å². The van der Waals surface area contributed by atoms with Gasteiger partial charge in [-0.3, -0.25) is 9.88 Å². The Labute approximate surface area is 251 Å². The number of para-hydroxylation sites is 2. The summed E-state index contributed by atoms with van der Waals surface area (Å²) in [4.78, 5) is 17.7. The van der Waals surface area contributed by atoms with Crippen molar-refractivity contribution < 1.29 is 4.42 Å². The molecule has 0 fully saturated rings. The lowest BCUT2D eigenvalue weighted by atomic mass is 9.89. The molecule has 1 aliphatic heterocycles. The van der Waals surface area contributed by atoms with Gasteiger partial charge in [0, 0.05) is 38.9 Å². The van der Waals surface area contributed by atoms with Gasteiger partial charge in [-0.05, 0) is 40.6 Å². The number of benzene rings is 6. The second kappa shape index (κ2) is 8.72. The molecule has 5 heteroatoms. The Morgan fingerprint density at radius 3 is 2.20 bits per heavy atom. The summed E-state index contributed by atoms with van der Waals surface area (Å²) in [6.07, 6.45) is 1.83. The van der Waals surface area contributed by atoms with E-state index >= 15 is 0 Å². The van der Waals surface area contributed by atoms with Crippen molar-refractivity contribution >= 4 is 71.8 Å². The minimum Gasteiger partial charge on any atom is -0.452 e. The molecule has 0 spiro atoms. The lowest BCUT2D eigenvalue weighted by Gasteiger charge is -2.33. The zero-order chi connectivity index (χ0) is 28.8. The Morgan fingerprint density at radius 2 is 1.27 bits per heavy atom. The molecule has 0 saturated carbocycles. The number of nitrogens with zero attached hydrogens (tertiary/aromatic N) is 4. The van der Waals surface area contributed by atoms with Crippen LogP contribution in [0.25, 0.3) is 76.9 Å². The first-order chi connectivity index (χ1) is 21.8. The van der Waals surface area contributed by atoms with Crippen LogP contribution in [-0.2, 0) is 0 Å². The summed E-state index contributed by atoms with van der Waals surface area (Å²) >= 11 is 0. The number of aromatic nitrogens is 3. The summed E-state index contributed by atoms with van der Waals surface area (Å²) < 4.78 is 6.51. The summed E-state index contributed by atoms with van der Waals surface area (Å²) in [5, 5.41) is 6.67. The van der Waals surface area contributed by atoms with Crippen LogP contribution < -0.4 is 4.90 Å². The van der Waals surface area contributed by atoms with E-state index in [0.29, 0.717) is 11.5 Å². The molecule has 0 radical (unpaired) electrons. The molecule has 0 amide bonds. The standard InChI is InChI=1S/C39H22N4O/c1-2-14-26-23(9-1)20-21-28-27-16-5-10-24-11-7-18-31(33(24)27)43(37(26)28)39-41-35-29-15-3-4-19-32(29)44-38(35)36(42-39)30-17-6-12-25-13-8-22-40-34(25)30/h1-22H. The number of fused-ring (bicyclic) bond motifs is 8. The molecule has 3 aromatic heterocycles. The van der Waals surface area contributed by atoms with Gasteiger partial charge in [-0.1, -0.05) is 103 Å². The van der Waals surface area contributed by atoms with Gasteiger partial charge in [-0.15, -0.1) is 0 Å². The molecule has 44 heavy (non-hydrogen) atoms. The van der Waals surface area contributed by atoms with Crippen molar-refractivity contribution in [3.8, 4) is 22.4 Å². The van der Waals surface area contributed by atoms with Crippen LogP contribution in [0.2, 0.25) is 0 Å². The van der Waals surface area contributed by atoms with Crippen molar-refractivity contribution in [1.29, 1.82) is 0 Å². The summed E-state index contributed by atoms with van der Waals surface area (Å²) in [6, 6.07) is 44.3. The van der Waals surface area contributed by atoms with E-state index in [-0.39, 0.29) is 0 Å². The topological polar surface area (TPSA) is 55.1 Å². The summed E-state index contributed by atoms with van der Waals surface area (Å²) in [5.74, 6) is 0.589. The highest BCUT2D eigenvalue weighted by Gasteiger charge is 2.31. The van der Waals surface area contributed by atoms with Crippen LogP contribution in [0.5, 0.6) is 0 Å². The van der Waals surface area contributed by atoms with Crippen LogP contribution in [0.15, 0.2) is 138 Å². The minimum atomic E-state index is 0.589. The molecule has 0 bridgehead atoms. The quantitative estimate of drug-likeness (QED) is 0.210. The van der Waals surface area contributed by atoms with Gasteiger partial charge in [0.05, 0.1) is 16.9 Å². The lowest BCUT2D eigenvalue weighted by molar-refractivity contribution is 0.667. The van der Waals surface area contributed by atoms with Crippen molar-refractivity contribution in [1.82, 2.24) is 15.0 Å². The van der Waals surface area contributed by atoms with E-state index in [2.05, 4.69) is 108 Å². The van der Waals surface area contributed by atoms with E-state index in [9.17, 15) is 0 Å². The SMILES string of the molecule is c1ccc2c3c(ccc2c1)-c1cccc2cccc(c12)N3c1nc(-c2cccc3cccnc23)c2oc3ccccc3c2n1. The Kier molecular flexibility index (Phi) is 4.66. The maximum Gasteiger partial charge on any atom is 0.236 e. The van der Waals surface area contributed by atoms with Crippen LogP contribution in [0.4, 0.5) is 17.3 Å². The Hall–Kier alpha value is -6.07. The number of rotatable bonds is 2. The molecule has 0 saturated heterocycles. The second-order valence-electron chi connectivity index (χ2n) is 11.2. The fourth-order valence-corrected chi connectivity index (χ4v) is 6.93. The Bertz CT molecular complexity index is 2630. The van der Waals surface area contributed by atoms with Gasteiger partial charge in [0.1, 0.15) is 16.8 Å². The molecule has 0 unspecified atom stereocenters. The zero-order valence-electron chi connectivity index (χ0n) is 23.4. The van der Waals surface area contributed by atoms with Gasteiger partial charge in [0.25, 0.3) is 0 Å². The Balaban J connectivity index is 1.38. The maximum atomic E-state index is 6.51. The Morgan fingerprint density at radius 1 is 0.523 bits per heavy atom. The van der Waals surface area contributed by atoms with E-state index in [1.54, 1.807) is 0 Å². The maximum absolute atomic E-state index is 6.51. The average Bonchev–Trinajstić information content (AvgIpc) is 3.46. The molecule has 6 aromatic carbocycles. The van der Waals surface area contributed by atoms with Crippen molar-refractivity contribution in [2.75, 3.05) is 4.90 Å². The molecule has 204 valence electrons. The van der Waals surface area contributed by atoms with E-state index in [4.69, 9.17) is 19.4 Å². The molecule has 10 rings (SSSR count). The third-order valence-electron chi connectivity index (χ3n) is 8.83. The van der Waals surface area contributed by atoms with E-state index in [1.165, 1.54) is 16.3 Å². The van der Waals surface area contributed by atoms with Gasteiger partial charge in [-0.2, -0.15) is 0 Å². The smallest absolute Gasteiger partial charge is 0.236 e. The highest BCUT2D eigenvalue weighted by Crippen LogP contribution is 2.53. The number of pyridine rings is 1. The van der Waals surface area contributed by atoms with Gasteiger partial charge < -0.3 is 4.42 Å². The van der Waals surface area contributed by atoms with Crippen LogP contribution >= 0.6 is 0 Å². The first-order valence-corrected chi connectivity index (χ1v) is 14.7. The fraction of sp³-hybridized carbons (Fsp3) is 0. The summed E-state index contributed by atoms with van der Waals surface area (Å²) in [6.45, 7) is 0. The normalized spacial score (nSPS) is 12.5. The van der Waals surface area contributed by atoms with Gasteiger partial charge in [0.2, 0.25) is 5.95 Å². The van der Waals surface area contributed by atoms with Crippen LogP contribution in [0.1, 0.15) is 0 Å². The van der Waals surface area contributed by atoms with Crippen molar-refractivity contribution in [2.24, 2.45) is 0 Å². The molecule has 0 aliphatic carbocycles. The highest BCUT2D eigenvalue weighted by molar-refractivity contribution is 6.19. The monoisotopic (exact) mass is 562 g/mol. The third-order valence-corrected chi connectivity index (χ3v) is 8.83. The van der Waals surface area contributed by atoms with Gasteiger partial charge in [-0.25, -0.2) is 9.97 Å². The van der Waals surface area contributed by atoms with E-state index < -0.39 is 0 Å². The first-order valence-electron chi connectivity index (χ1n) is 14.7. The van der Waals surface area contributed by atoms with E-state index in [0.717, 1.165) is 66.4 Å². The third kappa shape index (κ3) is 3.15. The molecule has 0 atom stereocenters. The molecule has 1 aliphatic rings. The van der Waals surface area contributed by atoms with Crippen molar-refractivity contribution in [3.05, 3.63) is 134 Å². The number of anilines is 3. The molecule has 9 aromatic rings. The molecule has 5 nitrogen and oxygen atoms in total. The fourth-order valence-electron chi connectivity index (χ4n) is 6.93. The predicted octanol–water partition coefficient (Wildman–Crippen LogP) is 10.3. The van der Waals surface area contributed by atoms with Crippen molar-refractivity contribution in [2.45, 2.75) is 0 Å². The van der Waals surface area contributed by atoms with Gasteiger partial charge >= 0.3 is 0 Å². The van der Waals surface area contributed by atoms with Crippen molar-refractivity contribution in [3.63, 3.8) is 0 Å². The molecular weight excluding hydrogens is 540 g/mol. The first kappa shape index (κ1) is 23.5. The largest absolute Gasteiger partial charge is 0.452 e. The van der Waals surface area contributed by atoms with E-state index in [1.807, 2.05) is 30.5 Å². The lowest BCUT2D eigenvalue weighted by Crippen LogP contribution is -2.18. The molecule has 4 heterocycles. The molecular formula is C39H22N4O. The summed E-state index contributed by atoms with van der Waals surface area (Å²) in [7, 11) is 0. The minimum absolute atomic E-state index is 0.589.